The number of amides is 1. The lowest BCUT2D eigenvalue weighted by molar-refractivity contribution is -0.145. The number of likely N-dealkylation sites (tertiary alicyclic amines) is 1. The second kappa shape index (κ2) is 7.09. The quantitative estimate of drug-likeness (QED) is 0.732. The van der Waals surface area contributed by atoms with Crippen molar-refractivity contribution in [3.8, 4) is 0 Å². The van der Waals surface area contributed by atoms with Crippen molar-refractivity contribution in [2.75, 3.05) is 13.1 Å². The van der Waals surface area contributed by atoms with Crippen LogP contribution in [0.3, 0.4) is 0 Å². The van der Waals surface area contributed by atoms with Gasteiger partial charge in [0.2, 0.25) is 5.91 Å². The Bertz CT molecular complexity index is 415. The molecule has 128 valence electrons. The third-order valence-corrected chi connectivity index (χ3v) is 4.29. The van der Waals surface area contributed by atoms with Crippen LogP contribution in [0.5, 0.6) is 0 Å². The fourth-order valence-corrected chi connectivity index (χ4v) is 3.12. The number of Topliss-reactive ketones (excluding diaryl/α,β-unsaturated/α-hetero) is 1. The van der Waals surface area contributed by atoms with Crippen LogP contribution >= 0.6 is 0 Å². The van der Waals surface area contributed by atoms with Crippen LogP contribution in [0.25, 0.3) is 0 Å². The molecule has 3 N–H and O–H groups in total. The molecule has 0 aromatic carbocycles. The van der Waals surface area contributed by atoms with E-state index >= 15 is 0 Å². The zero-order chi connectivity index (χ0) is 17.1. The van der Waals surface area contributed by atoms with Crippen molar-refractivity contribution in [3.63, 3.8) is 0 Å². The Hall–Kier alpha value is -0.940. The lowest BCUT2D eigenvalue weighted by Crippen LogP contribution is -2.67. The zero-order valence-corrected chi connectivity index (χ0v) is 15.0. The van der Waals surface area contributed by atoms with Crippen molar-refractivity contribution in [1.29, 1.82) is 0 Å². The molecule has 0 saturated carbocycles. The summed E-state index contributed by atoms with van der Waals surface area (Å²) in [6.07, 6.45) is 2.33. The molecule has 22 heavy (non-hydrogen) atoms. The molecule has 5 heteroatoms. The van der Waals surface area contributed by atoms with Crippen molar-refractivity contribution in [1.82, 2.24) is 10.2 Å². The van der Waals surface area contributed by atoms with E-state index in [1.54, 1.807) is 0 Å². The molecule has 1 aliphatic heterocycles. The van der Waals surface area contributed by atoms with Crippen molar-refractivity contribution < 1.29 is 9.59 Å². The molecule has 2 atom stereocenters. The first-order valence-electron chi connectivity index (χ1n) is 8.44. The molecule has 0 aliphatic carbocycles. The number of rotatable bonds is 6. The highest BCUT2D eigenvalue weighted by Crippen LogP contribution is 2.33. The van der Waals surface area contributed by atoms with E-state index in [2.05, 4.69) is 12.2 Å². The smallest absolute Gasteiger partial charge is 0.248 e. The van der Waals surface area contributed by atoms with Crippen LogP contribution in [-0.4, -0.2) is 46.8 Å². The lowest BCUT2D eigenvalue weighted by Gasteiger charge is -2.39. The molecular weight excluding hydrogens is 278 g/mol. The van der Waals surface area contributed by atoms with Crippen molar-refractivity contribution in [2.45, 2.75) is 77.9 Å². The van der Waals surface area contributed by atoms with E-state index < -0.39 is 11.6 Å². The first-order chi connectivity index (χ1) is 10.1. The van der Waals surface area contributed by atoms with Gasteiger partial charge in [-0.2, -0.15) is 0 Å². The lowest BCUT2D eigenvalue weighted by atomic mass is 9.81. The van der Waals surface area contributed by atoms with Crippen molar-refractivity contribution in [2.24, 2.45) is 11.7 Å². The minimum absolute atomic E-state index is 0.0240. The maximum absolute atomic E-state index is 13.1. The second-order valence-corrected chi connectivity index (χ2v) is 7.79. The molecule has 0 aromatic heterocycles. The van der Waals surface area contributed by atoms with E-state index in [0.717, 1.165) is 25.9 Å². The molecule has 1 amide bonds. The summed E-state index contributed by atoms with van der Waals surface area (Å²) in [6, 6.07) is -0.608. The van der Waals surface area contributed by atoms with Gasteiger partial charge in [-0.25, -0.2) is 0 Å². The molecule has 5 nitrogen and oxygen atoms in total. The number of carbonyl (C=O) groups excluding carboxylic acids is 2. The van der Waals surface area contributed by atoms with Crippen molar-refractivity contribution >= 4 is 11.7 Å². The van der Waals surface area contributed by atoms with Crippen LogP contribution in [-0.2, 0) is 9.59 Å². The van der Waals surface area contributed by atoms with E-state index in [1.807, 2.05) is 39.5 Å². The number of ketones is 1. The van der Waals surface area contributed by atoms with Gasteiger partial charge in [-0.15, -0.1) is 0 Å². The number of hydrogen-bond donors (Lipinski definition) is 2. The molecule has 0 spiro atoms. The molecule has 0 aromatic rings. The summed E-state index contributed by atoms with van der Waals surface area (Å²) in [7, 11) is 0. The Labute approximate surface area is 135 Å². The number of carbonyl (C=O) groups is 2. The minimum atomic E-state index is -1.09. The highest BCUT2D eigenvalue weighted by molar-refractivity contribution is 6.13. The number of nitrogens with zero attached hydrogens (tertiary/aromatic N) is 1. The summed E-state index contributed by atoms with van der Waals surface area (Å²) in [6.45, 7) is 13.3. The van der Waals surface area contributed by atoms with E-state index in [-0.39, 0.29) is 23.1 Å². The summed E-state index contributed by atoms with van der Waals surface area (Å²) < 4.78 is 0. The molecule has 1 heterocycles. The summed E-state index contributed by atoms with van der Waals surface area (Å²) in [5.74, 6) is -0.293. The van der Waals surface area contributed by atoms with Gasteiger partial charge in [0.1, 0.15) is 0 Å². The summed E-state index contributed by atoms with van der Waals surface area (Å²) in [4.78, 5) is 28.1. The van der Waals surface area contributed by atoms with Crippen molar-refractivity contribution in [3.05, 3.63) is 0 Å². The molecule has 1 saturated heterocycles. The Morgan fingerprint density at radius 1 is 1.32 bits per heavy atom. The maximum Gasteiger partial charge on any atom is 0.248 e. The predicted octanol–water partition coefficient (Wildman–Crippen LogP) is 1.70. The summed E-state index contributed by atoms with van der Waals surface area (Å²) >= 11 is 0. The van der Waals surface area contributed by atoms with Gasteiger partial charge in [0.05, 0.1) is 6.04 Å². The number of nitrogens with one attached hydrogen (secondary N) is 1. The van der Waals surface area contributed by atoms with Crippen LogP contribution in [0, 0.1) is 5.92 Å². The standard InChI is InChI=1S/C17H33N3O2/c1-7-10-20-11-8-9-17(20,14(21)13(18)12(2)3)15(22)19-16(4,5)6/h12-13H,7-11,18H2,1-6H3,(H,19,22)/t13-,17+/m0/s1. The van der Waals surface area contributed by atoms with Gasteiger partial charge < -0.3 is 11.1 Å². The van der Waals surface area contributed by atoms with Gasteiger partial charge >= 0.3 is 0 Å². The third-order valence-electron chi connectivity index (χ3n) is 4.29. The first-order valence-corrected chi connectivity index (χ1v) is 8.44. The maximum atomic E-state index is 13.1. The van der Waals surface area contributed by atoms with Gasteiger partial charge in [-0.05, 0) is 59.0 Å². The van der Waals surface area contributed by atoms with E-state index in [4.69, 9.17) is 5.73 Å². The minimum Gasteiger partial charge on any atom is -0.349 e. The highest BCUT2D eigenvalue weighted by Gasteiger charge is 2.54. The Balaban J connectivity index is 3.20. The van der Waals surface area contributed by atoms with Gasteiger partial charge in [0.25, 0.3) is 0 Å². The molecular formula is C17H33N3O2. The topological polar surface area (TPSA) is 75.4 Å². The SMILES string of the molecule is CCCN1CCC[C@]1(C(=O)NC(C)(C)C)C(=O)[C@@H](N)C(C)C. The third kappa shape index (κ3) is 3.87. The fraction of sp³-hybridized carbons (Fsp3) is 0.882. The Morgan fingerprint density at radius 3 is 2.36 bits per heavy atom. The molecule has 1 fully saturated rings. The van der Waals surface area contributed by atoms with Crippen LogP contribution in [0.1, 0.15) is 60.8 Å². The highest BCUT2D eigenvalue weighted by atomic mass is 16.2. The summed E-state index contributed by atoms with van der Waals surface area (Å²) in [5.41, 5.74) is 4.67. The largest absolute Gasteiger partial charge is 0.349 e. The van der Waals surface area contributed by atoms with E-state index in [1.165, 1.54) is 0 Å². The van der Waals surface area contributed by atoms with Gasteiger partial charge in [0, 0.05) is 5.54 Å². The van der Waals surface area contributed by atoms with Crippen LogP contribution in [0.4, 0.5) is 0 Å². The Kier molecular flexibility index (Phi) is 6.16. The fourth-order valence-electron chi connectivity index (χ4n) is 3.12. The molecule has 0 unspecified atom stereocenters. The molecule has 0 bridgehead atoms. The molecule has 1 aliphatic rings. The second-order valence-electron chi connectivity index (χ2n) is 7.79. The number of hydrogen-bond acceptors (Lipinski definition) is 4. The zero-order valence-electron chi connectivity index (χ0n) is 15.0. The van der Waals surface area contributed by atoms with Gasteiger partial charge in [-0.3, -0.25) is 14.5 Å². The average molecular weight is 311 g/mol. The van der Waals surface area contributed by atoms with Crippen LogP contribution < -0.4 is 11.1 Å². The van der Waals surface area contributed by atoms with E-state index in [0.29, 0.717) is 6.42 Å². The van der Waals surface area contributed by atoms with Gasteiger partial charge in [0.15, 0.2) is 11.3 Å². The van der Waals surface area contributed by atoms with Crippen LogP contribution in [0.15, 0.2) is 0 Å². The van der Waals surface area contributed by atoms with Crippen LogP contribution in [0.2, 0.25) is 0 Å². The Morgan fingerprint density at radius 2 is 1.91 bits per heavy atom. The first kappa shape index (κ1) is 19.1. The van der Waals surface area contributed by atoms with E-state index in [9.17, 15) is 9.59 Å². The predicted molar refractivity (Wildman–Crippen MR) is 89.5 cm³/mol. The normalized spacial score (nSPS) is 24.5. The monoisotopic (exact) mass is 311 g/mol. The number of nitrogens with two attached hydrogens (primary N) is 1. The average Bonchev–Trinajstić information content (AvgIpc) is 2.80. The molecule has 0 radical (unpaired) electrons. The summed E-state index contributed by atoms with van der Waals surface area (Å²) in [5, 5.41) is 3.01. The molecule has 1 rings (SSSR count). The van der Waals surface area contributed by atoms with Gasteiger partial charge in [-0.1, -0.05) is 20.8 Å².